The number of para-hydroxylation sites is 1. The zero-order valence-electron chi connectivity index (χ0n) is 9.38. The van der Waals surface area contributed by atoms with Gasteiger partial charge in [0.15, 0.2) is 0 Å². The highest BCUT2D eigenvalue weighted by Gasteiger charge is 1.89. The Morgan fingerprint density at radius 3 is 2.06 bits per heavy atom. The lowest BCUT2D eigenvalue weighted by molar-refractivity contribution is 1.64. The molecule has 3 aromatic carbocycles. The largest absolute Gasteiger partial charge is 0.658 e. The van der Waals surface area contributed by atoms with E-state index in [1.807, 2.05) is 30.3 Å². The van der Waals surface area contributed by atoms with Crippen LogP contribution in [0.5, 0.6) is 0 Å². The van der Waals surface area contributed by atoms with Crippen LogP contribution in [0.1, 0.15) is 0 Å². The Morgan fingerprint density at radius 2 is 1.24 bits per heavy atom. The monoisotopic (exact) mass is 218 g/mol. The summed E-state index contributed by atoms with van der Waals surface area (Å²) in [5.41, 5.74) is 1.98. The van der Waals surface area contributed by atoms with Gasteiger partial charge in [0, 0.05) is 0 Å². The third kappa shape index (κ3) is 2.13. The van der Waals surface area contributed by atoms with Gasteiger partial charge in [-0.05, 0) is 10.8 Å². The summed E-state index contributed by atoms with van der Waals surface area (Å²) in [6.07, 6.45) is 0. The summed E-state index contributed by atoms with van der Waals surface area (Å²) in [6, 6.07) is 24.6. The van der Waals surface area contributed by atoms with Crippen molar-refractivity contribution in [3.8, 4) is 0 Å². The van der Waals surface area contributed by atoms with Crippen molar-refractivity contribution in [3.63, 3.8) is 0 Å². The van der Waals surface area contributed by atoms with E-state index < -0.39 is 0 Å². The van der Waals surface area contributed by atoms with E-state index in [1.54, 1.807) is 0 Å². The molecule has 0 unspecified atom stereocenters. The molecule has 1 nitrogen and oxygen atoms in total. The van der Waals surface area contributed by atoms with Crippen molar-refractivity contribution < 1.29 is 0 Å². The summed E-state index contributed by atoms with van der Waals surface area (Å²) in [6.45, 7) is 0. The standard InChI is InChI=1S/C16H12N/c1-2-8-15(9-3-1)17-16-11-10-13-6-4-5-7-14(13)12-16/h1-12H/q-1. The first-order chi connectivity index (χ1) is 8.42. The normalized spacial score (nSPS) is 10.4. The average Bonchev–Trinajstić information content (AvgIpc) is 2.40. The van der Waals surface area contributed by atoms with Crippen LogP contribution >= 0.6 is 0 Å². The van der Waals surface area contributed by atoms with E-state index in [-0.39, 0.29) is 0 Å². The zero-order valence-corrected chi connectivity index (χ0v) is 9.38. The number of rotatable bonds is 2. The lowest BCUT2D eigenvalue weighted by Gasteiger charge is -2.22. The fourth-order valence-corrected chi connectivity index (χ4v) is 1.90. The summed E-state index contributed by atoms with van der Waals surface area (Å²) < 4.78 is 0. The van der Waals surface area contributed by atoms with E-state index in [1.165, 1.54) is 10.8 Å². The Hall–Kier alpha value is -2.28. The minimum atomic E-state index is 0.989. The Labute approximate surface area is 101 Å². The molecule has 1 heteroatoms. The van der Waals surface area contributed by atoms with Crippen molar-refractivity contribution in [1.82, 2.24) is 0 Å². The molecule has 3 rings (SSSR count). The Bertz CT molecular complexity index is 629. The number of hydrogen-bond donors (Lipinski definition) is 0. The van der Waals surface area contributed by atoms with Gasteiger partial charge in [-0.3, -0.25) is 0 Å². The molecular formula is C16H12N-. The molecule has 0 aliphatic rings. The second kappa shape index (κ2) is 4.30. The Kier molecular flexibility index (Phi) is 2.51. The molecule has 0 saturated heterocycles. The molecule has 0 bridgehead atoms. The molecule has 0 atom stereocenters. The summed E-state index contributed by atoms with van der Waals surface area (Å²) in [5.74, 6) is 0. The molecule has 0 aliphatic carbocycles. The van der Waals surface area contributed by atoms with Crippen LogP contribution < -0.4 is 0 Å². The van der Waals surface area contributed by atoms with E-state index in [4.69, 9.17) is 0 Å². The minimum absolute atomic E-state index is 0.989. The van der Waals surface area contributed by atoms with Crippen LogP contribution in [0.4, 0.5) is 11.4 Å². The first-order valence-electron chi connectivity index (χ1n) is 5.67. The number of benzene rings is 3. The van der Waals surface area contributed by atoms with E-state index in [9.17, 15) is 0 Å². The van der Waals surface area contributed by atoms with Gasteiger partial charge in [0.1, 0.15) is 0 Å². The van der Waals surface area contributed by atoms with Gasteiger partial charge in [0.05, 0.1) is 0 Å². The summed E-state index contributed by atoms with van der Waals surface area (Å²) in [4.78, 5) is 0. The predicted octanol–water partition coefficient (Wildman–Crippen LogP) is 5.18. The molecule has 0 heterocycles. The highest BCUT2D eigenvalue weighted by molar-refractivity contribution is 5.87. The maximum Gasteiger partial charge on any atom is -0.0185 e. The first-order valence-corrected chi connectivity index (χ1v) is 5.67. The number of nitrogens with zero attached hydrogens (tertiary/aromatic N) is 1. The summed E-state index contributed by atoms with van der Waals surface area (Å²) in [7, 11) is 0. The van der Waals surface area contributed by atoms with Crippen molar-refractivity contribution in [2.75, 3.05) is 0 Å². The van der Waals surface area contributed by atoms with Gasteiger partial charge in [-0.25, -0.2) is 0 Å². The molecule has 3 aromatic rings. The third-order valence-corrected chi connectivity index (χ3v) is 2.75. The number of hydrogen-bond acceptors (Lipinski definition) is 0. The maximum atomic E-state index is 4.59. The third-order valence-electron chi connectivity index (χ3n) is 2.75. The summed E-state index contributed by atoms with van der Waals surface area (Å²) >= 11 is 0. The second-order valence-corrected chi connectivity index (χ2v) is 3.98. The SMILES string of the molecule is c1ccc([N-]c2ccc3ccccc3c2)cc1. The molecule has 17 heavy (non-hydrogen) atoms. The summed E-state index contributed by atoms with van der Waals surface area (Å²) in [5, 5.41) is 7.07. The Balaban J connectivity index is 1.96. The van der Waals surface area contributed by atoms with Crippen LogP contribution in [-0.4, -0.2) is 0 Å². The van der Waals surface area contributed by atoms with Crippen LogP contribution in [-0.2, 0) is 0 Å². The van der Waals surface area contributed by atoms with E-state index in [2.05, 4.69) is 47.8 Å². The fraction of sp³-hybridized carbons (Fsp3) is 0. The van der Waals surface area contributed by atoms with Gasteiger partial charge in [-0.1, -0.05) is 72.8 Å². The van der Waals surface area contributed by atoms with Crippen LogP contribution in [0.25, 0.3) is 16.1 Å². The van der Waals surface area contributed by atoms with Crippen molar-refractivity contribution in [1.29, 1.82) is 0 Å². The molecular weight excluding hydrogens is 206 g/mol. The van der Waals surface area contributed by atoms with Gasteiger partial charge >= 0.3 is 0 Å². The molecule has 0 amide bonds. The molecule has 0 N–H and O–H groups in total. The lowest BCUT2D eigenvalue weighted by atomic mass is 10.1. The van der Waals surface area contributed by atoms with Crippen LogP contribution in [0.2, 0.25) is 0 Å². The zero-order chi connectivity index (χ0) is 11.5. The van der Waals surface area contributed by atoms with Gasteiger partial charge < -0.3 is 5.32 Å². The van der Waals surface area contributed by atoms with Gasteiger partial charge in [0.25, 0.3) is 0 Å². The topological polar surface area (TPSA) is 14.1 Å². The predicted molar refractivity (Wildman–Crippen MR) is 73.1 cm³/mol. The number of fused-ring (bicyclic) bond motifs is 1. The van der Waals surface area contributed by atoms with Crippen LogP contribution in [0.3, 0.4) is 0 Å². The molecule has 0 fully saturated rings. The smallest absolute Gasteiger partial charge is 0.0185 e. The van der Waals surface area contributed by atoms with Crippen LogP contribution in [0, 0.1) is 0 Å². The van der Waals surface area contributed by atoms with E-state index >= 15 is 0 Å². The molecule has 0 radical (unpaired) electrons. The van der Waals surface area contributed by atoms with Gasteiger partial charge in [0.2, 0.25) is 0 Å². The quantitative estimate of drug-likeness (QED) is 0.563. The van der Waals surface area contributed by atoms with Crippen molar-refractivity contribution in [2.24, 2.45) is 0 Å². The van der Waals surface area contributed by atoms with Crippen molar-refractivity contribution >= 4 is 22.1 Å². The molecule has 82 valence electrons. The van der Waals surface area contributed by atoms with E-state index in [0.717, 1.165) is 11.4 Å². The first kappa shape index (κ1) is 9.91. The van der Waals surface area contributed by atoms with Crippen molar-refractivity contribution in [2.45, 2.75) is 0 Å². The second-order valence-electron chi connectivity index (χ2n) is 3.98. The highest BCUT2D eigenvalue weighted by atomic mass is 14.9. The minimum Gasteiger partial charge on any atom is -0.658 e. The highest BCUT2D eigenvalue weighted by Crippen LogP contribution is 2.31. The van der Waals surface area contributed by atoms with E-state index in [0.29, 0.717) is 0 Å². The molecule has 0 aromatic heterocycles. The Morgan fingerprint density at radius 1 is 0.529 bits per heavy atom. The average molecular weight is 218 g/mol. The van der Waals surface area contributed by atoms with Gasteiger partial charge in [-0.15, -0.1) is 11.4 Å². The van der Waals surface area contributed by atoms with Gasteiger partial charge in [-0.2, -0.15) is 0 Å². The fourth-order valence-electron chi connectivity index (χ4n) is 1.90. The van der Waals surface area contributed by atoms with Crippen LogP contribution in [0.15, 0.2) is 72.8 Å². The lowest BCUT2D eigenvalue weighted by Crippen LogP contribution is -1.72. The van der Waals surface area contributed by atoms with Crippen molar-refractivity contribution in [3.05, 3.63) is 78.1 Å². The molecule has 0 spiro atoms. The maximum absolute atomic E-state index is 4.59. The molecule has 0 aliphatic heterocycles. The molecule has 0 saturated carbocycles.